The SMILES string of the molecule is CNC(C(=O)OC)[C@H](C)O. The predicted octanol–water partition coefficient (Wildman–Crippen LogP) is -0.872. The van der Waals surface area contributed by atoms with E-state index in [2.05, 4.69) is 10.1 Å². The van der Waals surface area contributed by atoms with Gasteiger partial charge < -0.3 is 15.2 Å². The molecule has 2 atom stereocenters. The second kappa shape index (κ2) is 4.24. The predicted molar refractivity (Wildman–Crippen MR) is 36.5 cm³/mol. The van der Waals surface area contributed by atoms with E-state index >= 15 is 0 Å². The van der Waals surface area contributed by atoms with Crippen molar-refractivity contribution in [1.82, 2.24) is 5.32 Å². The van der Waals surface area contributed by atoms with Crippen molar-refractivity contribution in [2.45, 2.75) is 19.1 Å². The van der Waals surface area contributed by atoms with E-state index < -0.39 is 18.1 Å². The molecule has 2 N–H and O–H groups in total. The number of carbonyl (C=O) groups excluding carboxylic acids is 1. The van der Waals surface area contributed by atoms with Gasteiger partial charge in [0.25, 0.3) is 0 Å². The molecule has 0 bridgehead atoms. The van der Waals surface area contributed by atoms with Gasteiger partial charge in [0.1, 0.15) is 6.04 Å². The Kier molecular flexibility index (Phi) is 3.99. The molecule has 0 amide bonds. The first-order chi connectivity index (χ1) is 4.63. The highest BCUT2D eigenvalue weighted by atomic mass is 16.5. The smallest absolute Gasteiger partial charge is 0.325 e. The molecule has 0 aliphatic heterocycles. The maximum Gasteiger partial charge on any atom is 0.325 e. The zero-order valence-electron chi connectivity index (χ0n) is 6.42. The summed E-state index contributed by atoms with van der Waals surface area (Å²) in [6.45, 7) is 1.53. The van der Waals surface area contributed by atoms with Crippen LogP contribution in [0.4, 0.5) is 0 Å². The van der Waals surface area contributed by atoms with E-state index in [1.165, 1.54) is 14.0 Å². The fourth-order valence-electron chi connectivity index (χ4n) is 0.683. The van der Waals surface area contributed by atoms with Crippen LogP contribution in [-0.2, 0) is 9.53 Å². The average Bonchev–Trinajstić information content (AvgIpc) is 1.88. The van der Waals surface area contributed by atoms with Crippen LogP contribution in [-0.4, -0.2) is 37.4 Å². The van der Waals surface area contributed by atoms with Gasteiger partial charge in [-0.15, -0.1) is 0 Å². The molecule has 0 spiro atoms. The Bertz CT molecular complexity index is 114. The lowest BCUT2D eigenvalue weighted by Crippen LogP contribution is -2.43. The second-order valence-electron chi connectivity index (χ2n) is 2.03. The molecule has 0 saturated heterocycles. The number of aliphatic hydroxyl groups excluding tert-OH is 1. The van der Waals surface area contributed by atoms with Gasteiger partial charge in [-0.05, 0) is 14.0 Å². The third-order valence-corrected chi connectivity index (χ3v) is 1.25. The van der Waals surface area contributed by atoms with E-state index in [4.69, 9.17) is 5.11 Å². The summed E-state index contributed by atoms with van der Waals surface area (Å²) in [4.78, 5) is 10.7. The normalized spacial score (nSPS) is 16.0. The van der Waals surface area contributed by atoms with Crippen molar-refractivity contribution in [3.05, 3.63) is 0 Å². The standard InChI is InChI=1S/C6H13NO3/c1-4(8)5(7-2)6(9)10-3/h4-5,7-8H,1-3H3/t4-,5?/m0/s1. The quantitative estimate of drug-likeness (QED) is 0.509. The van der Waals surface area contributed by atoms with Gasteiger partial charge in [-0.2, -0.15) is 0 Å². The number of hydrogen-bond acceptors (Lipinski definition) is 4. The first-order valence-corrected chi connectivity index (χ1v) is 3.06. The van der Waals surface area contributed by atoms with Crippen LogP contribution in [0.5, 0.6) is 0 Å². The van der Waals surface area contributed by atoms with Crippen LogP contribution >= 0.6 is 0 Å². The number of esters is 1. The van der Waals surface area contributed by atoms with Crippen molar-refractivity contribution in [2.75, 3.05) is 14.2 Å². The maximum absolute atomic E-state index is 10.7. The van der Waals surface area contributed by atoms with Gasteiger partial charge in [0.2, 0.25) is 0 Å². The van der Waals surface area contributed by atoms with Gasteiger partial charge in [-0.1, -0.05) is 0 Å². The Morgan fingerprint density at radius 3 is 2.30 bits per heavy atom. The van der Waals surface area contributed by atoms with Crippen molar-refractivity contribution in [3.8, 4) is 0 Å². The molecule has 0 aliphatic carbocycles. The van der Waals surface area contributed by atoms with Crippen LogP contribution in [0.2, 0.25) is 0 Å². The van der Waals surface area contributed by atoms with Crippen LogP contribution in [0, 0.1) is 0 Å². The fraction of sp³-hybridized carbons (Fsp3) is 0.833. The van der Waals surface area contributed by atoms with Crippen LogP contribution in [0.1, 0.15) is 6.92 Å². The van der Waals surface area contributed by atoms with Crippen molar-refractivity contribution in [3.63, 3.8) is 0 Å². The van der Waals surface area contributed by atoms with Gasteiger partial charge in [-0.3, -0.25) is 4.79 Å². The van der Waals surface area contributed by atoms with E-state index in [0.717, 1.165) is 0 Å². The molecule has 0 rings (SSSR count). The van der Waals surface area contributed by atoms with Gasteiger partial charge in [0, 0.05) is 0 Å². The van der Waals surface area contributed by atoms with Crippen molar-refractivity contribution in [1.29, 1.82) is 0 Å². The first-order valence-electron chi connectivity index (χ1n) is 3.06. The minimum absolute atomic E-state index is 0.447. The minimum Gasteiger partial charge on any atom is -0.468 e. The molecule has 0 fully saturated rings. The third-order valence-electron chi connectivity index (χ3n) is 1.25. The number of aliphatic hydroxyl groups is 1. The largest absolute Gasteiger partial charge is 0.468 e. The minimum atomic E-state index is -0.725. The lowest BCUT2D eigenvalue weighted by atomic mass is 10.2. The molecular weight excluding hydrogens is 134 g/mol. The molecule has 1 unspecified atom stereocenters. The molecule has 0 heterocycles. The number of nitrogens with one attached hydrogen (secondary N) is 1. The summed E-state index contributed by atoms with van der Waals surface area (Å²) in [5.74, 6) is -0.447. The summed E-state index contributed by atoms with van der Waals surface area (Å²) in [7, 11) is 2.88. The Hall–Kier alpha value is -0.610. The monoisotopic (exact) mass is 147 g/mol. The molecular formula is C6H13NO3. The lowest BCUT2D eigenvalue weighted by Gasteiger charge is -2.15. The summed E-state index contributed by atoms with van der Waals surface area (Å²) in [5, 5.41) is 11.6. The summed E-state index contributed by atoms with van der Waals surface area (Å²) < 4.78 is 4.40. The van der Waals surface area contributed by atoms with Crippen LogP contribution < -0.4 is 5.32 Å². The molecule has 0 radical (unpaired) electrons. The molecule has 60 valence electrons. The van der Waals surface area contributed by atoms with E-state index in [1.54, 1.807) is 7.05 Å². The summed E-state index contributed by atoms with van der Waals surface area (Å²) in [6, 6.07) is -0.620. The highest BCUT2D eigenvalue weighted by molar-refractivity contribution is 5.76. The first kappa shape index (κ1) is 9.39. The Balaban J connectivity index is 3.93. The fourth-order valence-corrected chi connectivity index (χ4v) is 0.683. The highest BCUT2D eigenvalue weighted by Crippen LogP contribution is 1.93. The molecule has 4 heteroatoms. The number of rotatable bonds is 3. The van der Waals surface area contributed by atoms with Crippen molar-refractivity contribution < 1.29 is 14.6 Å². The molecule has 0 aromatic carbocycles. The average molecular weight is 147 g/mol. The van der Waals surface area contributed by atoms with Gasteiger partial charge >= 0.3 is 5.97 Å². The zero-order chi connectivity index (χ0) is 8.15. The van der Waals surface area contributed by atoms with E-state index in [0.29, 0.717) is 0 Å². The molecule has 0 aromatic rings. The van der Waals surface area contributed by atoms with Crippen LogP contribution in [0.3, 0.4) is 0 Å². The van der Waals surface area contributed by atoms with Crippen LogP contribution in [0.15, 0.2) is 0 Å². The number of likely N-dealkylation sites (N-methyl/N-ethyl adjacent to an activating group) is 1. The summed E-state index contributed by atoms with van der Waals surface area (Å²) in [6.07, 6.45) is -0.725. The van der Waals surface area contributed by atoms with E-state index in [1.807, 2.05) is 0 Å². The number of hydrogen-bond donors (Lipinski definition) is 2. The topological polar surface area (TPSA) is 58.6 Å². The zero-order valence-corrected chi connectivity index (χ0v) is 6.42. The number of ether oxygens (including phenoxy) is 1. The highest BCUT2D eigenvalue weighted by Gasteiger charge is 2.21. The van der Waals surface area contributed by atoms with Gasteiger partial charge in [0.15, 0.2) is 0 Å². The van der Waals surface area contributed by atoms with E-state index in [-0.39, 0.29) is 0 Å². The van der Waals surface area contributed by atoms with Crippen molar-refractivity contribution in [2.24, 2.45) is 0 Å². The van der Waals surface area contributed by atoms with Gasteiger partial charge in [-0.25, -0.2) is 0 Å². The summed E-state index contributed by atoms with van der Waals surface area (Å²) >= 11 is 0. The van der Waals surface area contributed by atoms with Crippen molar-refractivity contribution >= 4 is 5.97 Å². The Labute approximate surface area is 60.2 Å². The molecule has 4 nitrogen and oxygen atoms in total. The Morgan fingerprint density at radius 2 is 2.20 bits per heavy atom. The number of methoxy groups -OCH3 is 1. The molecule has 10 heavy (non-hydrogen) atoms. The molecule has 0 aromatic heterocycles. The second-order valence-corrected chi connectivity index (χ2v) is 2.03. The van der Waals surface area contributed by atoms with E-state index in [9.17, 15) is 4.79 Å². The number of carbonyl (C=O) groups is 1. The lowest BCUT2D eigenvalue weighted by molar-refractivity contribution is -0.145. The third kappa shape index (κ3) is 2.33. The Morgan fingerprint density at radius 1 is 1.70 bits per heavy atom. The maximum atomic E-state index is 10.7. The summed E-state index contributed by atoms with van der Waals surface area (Å²) in [5.41, 5.74) is 0. The van der Waals surface area contributed by atoms with Crippen LogP contribution in [0.25, 0.3) is 0 Å². The molecule has 0 saturated carbocycles. The molecule has 0 aliphatic rings. The van der Waals surface area contributed by atoms with Gasteiger partial charge in [0.05, 0.1) is 13.2 Å².